The summed E-state index contributed by atoms with van der Waals surface area (Å²) in [7, 11) is 0. The van der Waals surface area contributed by atoms with E-state index in [9.17, 15) is 0 Å². The third kappa shape index (κ3) is 2.55. The highest BCUT2D eigenvalue weighted by Gasteiger charge is 2.33. The minimum atomic E-state index is 0.824. The Balaban J connectivity index is 1.80. The normalized spacial score (nSPS) is 46.2. The van der Waals surface area contributed by atoms with Crippen molar-refractivity contribution in [1.82, 2.24) is 5.32 Å². The molecular weight excluding hydrogens is 182 g/mol. The number of rotatable bonds is 3. The summed E-state index contributed by atoms with van der Waals surface area (Å²) in [5, 5.41) is 3.92. The average molecular weight is 209 g/mol. The number of nitrogens with one attached hydrogen (secondary N) is 1. The zero-order valence-electron chi connectivity index (χ0n) is 10.6. The molecule has 0 radical (unpaired) electrons. The molecule has 15 heavy (non-hydrogen) atoms. The van der Waals surface area contributed by atoms with E-state index < -0.39 is 0 Å². The van der Waals surface area contributed by atoms with E-state index in [4.69, 9.17) is 0 Å². The van der Waals surface area contributed by atoms with Gasteiger partial charge in [-0.15, -0.1) is 0 Å². The lowest BCUT2D eigenvalue weighted by atomic mass is 9.93. The summed E-state index contributed by atoms with van der Waals surface area (Å²) in [6.07, 6.45) is 8.53. The Labute approximate surface area is 95.0 Å². The molecule has 0 aromatic heterocycles. The van der Waals surface area contributed by atoms with Gasteiger partial charge < -0.3 is 5.32 Å². The number of hydrogen-bond donors (Lipinski definition) is 1. The quantitative estimate of drug-likeness (QED) is 0.749. The molecule has 0 spiro atoms. The standard InChI is InChI=1S/C14H27N/c1-4-12-6-8-14(11(12)3)15-13-7-5-10(2)9-13/h10-15H,4-9H2,1-3H3. The van der Waals surface area contributed by atoms with Crippen molar-refractivity contribution >= 4 is 0 Å². The first-order chi connectivity index (χ1) is 7.20. The highest BCUT2D eigenvalue weighted by Crippen LogP contribution is 2.35. The molecule has 0 aromatic rings. The Kier molecular flexibility index (Phi) is 3.71. The molecule has 1 N–H and O–H groups in total. The molecule has 0 aliphatic heterocycles. The summed E-state index contributed by atoms with van der Waals surface area (Å²) in [6, 6.07) is 1.66. The van der Waals surface area contributed by atoms with Gasteiger partial charge in [0.1, 0.15) is 0 Å². The molecule has 88 valence electrons. The lowest BCUT2D eigenvalue weighted by Crippen LogP contribution is -2.39. The van der Waals surface area contributed by atoms with E-state index in [0.29, 0.717) is 0 Å². The minimum absolute atomic E-state index is 0.824. The van der Waals surface area contributed by atoms with Gasteiger partial charge in [0.05, 0.1) is 0 Å². The first-order valence-corrected chi connectivity index (χ1v) is 6.96. The highest BCUT2D eigenvalue weighted by molar-refractivity contribution is 4.90. The molecule has 0 amide bonds. The van der Waals surface area contributed by atoms with E-state index in [2.05, 4.69) is 26.1 Å². The predicted octanol–water partition coefficient (Wildman–Crippen LogP) is 3.59. The van der Waals surface area contributed by atoms with Crippen LogP contribution < -0.4 is 5.32 Å². The molecule has 0 aromatic carbocycles. The van der Waals surface area contributed by atoms with Crippen LogP contribution in [0.3, 0.4) is 0 Å². The van der Waals surface area contributed by atoms with Crippen LogP contribution in [0.1, 0.15) is 59.3 Å². The number of hydrogen-bond acceptors (Lipinski definition) is 1. The minimum Gasteiger partial charge on any atom is -0.311 e. The third-order valence-corrected chi connectivity index (χ3v) is 4.90. The van der Waals surface area contributed by atoms with Crippen molar-refractivity contribution in [2.24, 2.45) is 17.8 Å². The molecule has 2 aliphatic rings. The fraction of sp³-hybridized carbons (Fsp3) is 1.00. The van der Waals surface area contributed by atoms with Crippen molar-refractivity contribution in [3.63, 3.8) is 0 Å². The lowest BCUT2D eigenvalue weighted by molar-refractivity contribution is 0.318. The summed E-state index contributed by atoms with van der Waals surface area (Å²) in [4.78, 5) is 0. The van der Waals surface area contributed by atoms with Crippen LogP contribution in [-0.4, -0.2) is 12.1 Å². The van der Waals surface area contributed by atoms with Crippen LogP contribution in [0, 0.1) is 17.8 Å². The van der Waals surface area contributed by atoms with Gasteiger partial charge in [-0.2, -0.15) is 0 Å². The summed E-state index contributed by atoms with van der Waals surface area (Å²) < 4.78 is 0. The molecular formula is C14H27N. The van der Waals surface area contributed by atoms with Crippen LogP contribution in [0.2, 0.25) is 0 Å². The lowest BCUT2D eigenvalue weighted by Gasteiger charge is -2.24. The maximum atomic E-state index is 3.92. The van der Waals surface area contributed by atoms with E-state index in [1.54, 1.807) is 0 Å². The summed E-state index contributed by atoms with van der Waals surface area (Å²) >= 11 is 0. The Morgan fingerprint density at radius 3 is 2.40 bits per heavy atom. The fourth-order valence-electron chi connectivity index (χ4n) is 3.72. The Bertz CT molecular complexity index is 202. The van der Waals surface area contributed by atoms with Crippen molar-refractivity contribution in [3.05, 3.63) is 0 Å². The van der Waals surface area contributed by atoms with Gasteiger partial charge in [0.25, 0.3) is 0 Å². The SMILES string of the molecule is CCC1CCC(NC2CCC(C)C2)C1C. The van der Waals surface area contributed by atoms with Gasteiger partial charge in [0, 0.05) is 12.1 Å². The third-order valence-electron chi connectivity index (χ3n) is 4.90. The molecule has 2 rings (SSSR count). The largest absolute Gasteiger partial charge is 0.311 e. The van der Waals surface area contributed by atoms with E-state index in [0.717, 1.165) is 29.8 Å². The van der Waals surface area contributed by atoms with Gasteiger partial charge in [0.15, 0.2) is 0 Å². The van der Waals surface area contributed by atoms with Gasteiger partial charge in [-0.1, -0.05) is 27.2 Å². The first-order valence-electron chi connectivity index (χ1n) is 6.96. The monoisotopic (exact) mass is 209 g/mol. The van der Waals surface area contributed by atoms with Crippen LogP contribution >= 0.6 is 0 Å². The topological polar surface area (TPSA) is 12.0 Å². The molecule has 2 saturated carbocycles. The fourth-order valence-corrected chi connectivity index (χ4v) is 3.72. The van der Waals surface area contributed by atoms with Crippen LogP contribution in [0.5, 0.6) is 0 Å². The van der Waals surface area contributed by atoms with Crippen molar-refractivity contribution in [3.8, 4) is 0 Å². The van der Waals surface area contributed by atoms with Gasteiger partial charge in [-0.3, -0.25) is 0 Å². The second-order valence-electron chi connectivity index (χ2n) is 5.99. The maximum absolute atomic E-state index is 3.92. The van der Waals surface area contributed by atoms with Crippen LogP contribution in [-0.2, 0) is 0 Å². The molecule has 5 atom stereocenters. The Morgan fingerprint density at radius 1 is 1.07 bits per heavy atom. The van der Waals surface area contributed by atoms with Gasteiger partial charge in [-0.25, -0.2) is 0 Å². The van der Waals surface area contributed by atoms with Crippen LogP contribution in [0.25, 0.3) is 0 Å². The predicted molar refractivity (Wildman–Crippen MR) is 65.9 cm³/mol. The molecule has 1 nitrogen and oxygen atoms in total. The van der Waals surface area contributed by atoms with E-state index >= 15 is 0 Å². The van der Waals surface area contributed by atoms with E-state index in [1.165, 1.54) is 38.5 Å². The van der Waals surface area contributed by atoms with Crippen molar-refractivity contribution < 1.29 is 0 Å². The molecule has 0 saturated heterocycles. The van der Waals surface area contributed by atoms with Crippen molar-refractivity contribution in [1.29, 1.82) is 0 Å². The Morgan fingerprint density at radius 2 is 1.87 bits per heavy atom. The smallest absolute Gasteiger partial charge is 0.00980 e. The van der Waals surface area contributed by atoms with Gasteiger partial charge >= 0.3 is 0 Å². The van der Waals surface area contributed by atoms with Gasteiger partial charge in [0.2, 0.25) is 0 Å². The Hall–Kier alpha value is -0.0400. The highest BCUT2D eigenvalue weighted by atomic mass is 15.0. The van der Waals surface area contributed by atoms with Crippen molar-refractivity contribution in [2.75, 3.05) is 0 Å². The zero-order valence-corrected chi connectivity index (χ0v) is 10.6. The van der Waals surface area contributed by atoms with Gasteiger partial charge in [-0.05, 0) is 49.9 Å². The maximum Gasteiger partial charge on any atom is 0.00980 e. The van der Waals surface area contributed by atoms with E-state index in [-0.39, 0.29) is 0 Å². The van der Waals surface area contributed by atoms with E-state index in [1.807, 2.05) is 0 Å². The molecule has 5 unspecified atom stereocenters. The van der Waals surface area contributed by atoms with Crippen molar-refractivity contribution in [2.45, 2.75) is 71.4 Å². The second kappa shape index (κ2) is 4.86. The molecule has 2 aliphatic carbocycles. The molecule has 2 fully saturated rings. The molecule has 1 heteroatoms. The summed E-state index contributed by atoms with van der Waals surface area (Å²) in [5.41, 5.74) is 0. The summed E-state index contributed by atoms with van der Waals surface area (Å²) in [5.74, 6) is 2.86. The first kappa shape index (κ1) is 11.4. The molecule has 0 heterocycles. The summed E-state index contributed by atoms with van der Waals surface area (Å²) in [6.45, 7) is 7.20. The average Bonchev–Trinajstić information content (AvgIpc) is 2.76. The molecule has 0 bridgehead atoms. The van der Waals surface area contributed by atoms with Crippen LogP contribution in [0.15, 0.2) is 0 Å². The zero-order chi connectivity index (χ0) is 10.8. The van der Waals surface area contributed by atoms with Crippen LogP contribution in [0.4, 0.5) is 0 Å². The second-order valence-corrected chi connectivity index (χ2v) is 5.99.